The molecule has 0 fully saturated rings. The average Bonchev–Trinajstić information content (AvgIpc) is 2.27. The van der Waals surface area contributed by atoms with Crippen molar-refractivity contribution in [3.05, 3.63) is 34.3 Å². The molecule has 86 valence electrons. The molecule has 1 N–H and O–H groups in total. The first kappa shape index (κ1) is 13.0. The Balaban J connectivity index is 2.63. The number of ether oxygens (including phenoxy) is 1. The lowest BCUT2D eigenvalue weighted by Gasteiger charge is -2.01. The van der Waals surface area contributed by atoms with Crippen LogP contribution in [0.1, 0.15) is 12.5 Å². The minimum absolute atomic E-state index is 0.195. The monoisotopic (exact) mass is 304 g/mol. The molecule has 1 amide bonds. The van der Waals surface area contributed by atoms with Gasteiger partial charge in [0.15, 0.2) is 5.17 Å². The van der Waals surface area contributed by atoms with Crippen molar-refractivity contribution in [2.24, 2.45) is 5.10 Å². The molecule has 4 nitrogen and oxygen atoms in total. The zero-order chi connectivity index (χ0) is 12.0. The van der Waals surface area contributed by atoms with Gasteiger partial charge in [-0.1, -0.05) is 39.7 Å². The Kier molecular flexibility index (Phi) is 5.28. The Labute approximate surface area is 107 Å². The molecule has 0 aliphatic carbocycles. The highest BCUT2D eigenvalue weighted by Gasteiger charge is 2.02. The second kappa shape index (κ2) is 6.50. The number of rotatable bonds is 3. The van der Waals surface area contributed by atoms with Crippen molar-refractivity contribution < 1.29 is 9.53 Å². The Morgan fingerprint density at radius 2 is 2.12 bits per heavy atom. The number of nitrogens with zero attached hydrogens (tertiary/aromatic N) is 1. The van der Waals surface area contributed by atoms with Gasteiger partial charge in [-0.2, -0.15) is 5.10 Å². The number of amides is 1. The molecular weight excluding hydrogens is 295 g/mol. The average molecular weight is 306 g/mol. The van der Waals surface area contributed by atoms with E-state index in [2.05, 4.69) is 31.2 Å². The van der Waals surface area contributed by atoms with Gasteiger partial charge in [0.2, 0.25) is 0 Å². The molecule has 0 heterocycles. The van der Waals surface area contributed by atoms with E-state index < -0.39 is 6.09 Å². The fourth-order valence-electron chi connectivity index (χ4n) is 0.910. The summed E-state index contributed by atoms with van der Waals surface area (Å²) in [5.74, 6) is 0. The molecule has 0 radical (unpaired) electrons. The molecule has 0 saturated carbocycles. The van der Waals surface area contributed by atoms with Crippen molar-refractivity contribution in [3.8, 4) is 0 Å². The van der Waals surface area contributed by atoms with E-state index in [4.69, 9.17) is 11.6 Å². The van der Waals surface area contributed by atoms with Gasteiger partial charge < -0.3 is 4.74 Å². The van der Waals surface area contributed by atoms with Crippen LogP contribution in [0, 0.1) is 0 Å². The highest BCUT2D eigenvalue weighted by molar-refractivity contribution is 9.10. The number of carbonyl (C=O) groups is 1. The Bertz CT molecular complexity index is 392. The third-order valence-corrected chi connectivity index (χ3v) is 2.43. The van der Waals surface area contributed by atoms with Gasteiger partial charge in [-0.25, -0.2) is 10.2 Å². The van der Waals surface area contributed by atoms with Gasteiger partial charge in [0, 0.05) is 10.0 Å². The normalized spacial score (nSPS) is 11.1. The van der Waals surface area contributed by atoms with Crippen molar-refractivity contribution in [1.29, 1.82) is 0 Å². The smallest absolute Gasteiger partial charge is 0.427 e. The topological polar surface area (TPSA) is 50.7 Å². The molecule has 1 aromatic rings. The SMILES string of the molecule is CCOC(=O)N/N=C(/Cl)c1ccc(Br)cc1. The van der Waals surface area contributed by atoms with Gasteiger partial charge in [0.05, 0.1) is 6.61 Å². The molecule has 16 heavy (non-hydrogen) atoms. The summed E-state index contributed by atoms with van der Waals surface area (Å²) in [6, 6.07) is 7.22. The second-order valence-corrected chi connectivity index (χ2v) is 4.02. The lowest BCUT2D eigenvalue weighted by atomic mass is 10.2. The number of hydrogen-bond acceptors (Lipinski definition) is 3. The number of halogens is 2. The van der Waals surface area contributed by atoms with Crippen LogP contribution in [0.4, 0.5) is 4.79 Å². The van der Waals surface area contributed by atoms with Crippen LogP contribution in [0.15, 0.2) is 33.8 Å². The van der Waals surface area contributed by atoms with Gasteiger partial charge in [-0.05, 0) is 19.1 Å². The first-order chi connectivity index (χ1) is 7.63. The summed E-state index contributed by atoms with van der Waals surface area (Å²) in [5.41, 5.74) is 2.89. The molecule has 0 unspecified atom stereocenters. The maximum atomic E-state index is 10.9. The van der Waals surface area contributed by atoms with E-state index in [9.17, 15) is 4.79 Å². The Morgan fingerprint density at radius 1 is 1.50 bits per heavy atom. The molecule has 0 bridgehead atoms. The molecule has 0 aromatic heterocycles. The van der Waals surface area contributed by atoms with Crippen molar-refractivity contribution in [2.75, 3.05) is 6.61 Å². The molecule has 1 rings (SSSR count). The van der Waals surface area contributed by atoms with E-state index >= 15 is 0 Å². The first-order valence-electron chi connectivity index (χ1n) is 4.55. The van der Waals surface area contributed by atoms with Crippen molar-refractivity contribution in [3.63, 3.8) is 0 Å². The minimum Gasteiger partial charge on any atom is -0.449 e. The molecule has 6 heteroatoms. The summed E-state index contributed by atoms with van der Waals surface area (Å²) in [6.07, 6.45) is -0.627. The molecule has 0 aliphatic rings. The van der Waals surface area contributed by atoms with Gasteiger partial charge in [-0.15, -0.1) is 0 Å². The van der Waals surface area contributed by atoms with Crippen LogP contribution in [0.3, 0.4) is 0 Å². The van der Waals surface area contributed by atoms with E-state index in [1.54, 1.807) is 19.1 Å². The molecule has 0 spiro atoms. The fraction of sp³-hybridized carbons (Fsp3) is 0.200. The largest absolute Gasteiger partial charge is 0.449 e. The molecule has 0 saturated heterocycles. The van der Waals surface area contributed by atoms with Crippen LogP contribution < -0.4 is 5.43 Å². The number of carbonyl (C=O) groups excluding carboxylic acids is 1. The van der Waals surface area contributed by atoms with E-state index in [0.717, 1.165) is 4.47 Å². The summed E-state index contributed by atoms with van der Waals surface area (Å²) in [5, 5.41) is 3.88. The zero-order valence-corrected chi connectivity index (χ0v) is 10.9. The number of benzene rings is 1. The van der Waals surface area contributed by atoms with E-state index in [1.165, 1.54) is 0 Å². The maximum absolute atomic E-state index is 10.9. The van der Waals surface area contributed by atoms with Crippen LogP contribution in [0.2, 0.25) is 0 Å². The summed E-state index contributed by atoms with van der Waals surface area (Å²) in [7, 11) is 0. The zero-order valence-electron chi connectivity index (χ0n) is 8.54. The van der Waals surface area contributed by atoms with E-state index in [1.807, 2.05) is 12.1 Å². The number of hydrogen-bond donors (Lipinski definition) is 1. The van der Waals surface area contributed by atoms with Crippen LogP contribution in [0.25, 0.3) is 0 Å². The predicted molar refractivity (Wildman–Crippen MR) is 66.7 cm³/mol. The third-order valence-electron chi connectivity index (χ3n) is 1.60. The van der Waals surface area contributed by atoms with E-state index in [0.29, 0.717) is 5.56 Å². The van der Waals surface area contributed by atoms with Gasteiger partial charge in [-0.3, -0.25) is 0 Å². The molecule has 0 atom stereocenters. The maximum Gasteiger partial charge on any atom is 0.427 e. The van der Waals surface area contributed by atoms with E-state index in [-0.39, 0.29) is 11.8 Å². The lowest BCUT2D eigenvalue weighted by molar-refractivity contribution is 0.152. The van der Waals surface area contributed by atoms with Crippen LogP contribution in [-0.4, -0.2) is 17.9 Å². The Morgan fingerprint density at radius 3 is 2.69 bits per heavy atom. The standard InChI is InChI=1S/C10H10BrClN2O2/c1-2-16-10(15)14-13-9(12)7-3-5-8(11)6-4-7/h3-6H,2H2,1H3,(H,14,15)/b13-9+. The van der Waals surface area contributed by atoms with Crippen LogP contribution >= 0.6 is 27.5 Å². The second-order valence-electron chi connectivity index (χ2n) is 2.74. The highest BCUT2D eigenvalue weighted by atomic mass is 79.9. The van der Waals surface area contributed by atoms with Gasteiger partial charge >= 0.3 is 6.09 Å². The van der Waals surface area contributed by atoms with Crippen molar-refractivity contribution >= 4 is 38.8 Å². The number of nitrogens with one attached hydrogen (secondary N) is 1. The highest BCUT2D eigenvalue weighted by Crippen LogP contribution is 2.12. The third kappa shape index (κ3) is 4.20. The molecule has 0 aliphatic heterocycles. The van der Waals surface area contributed by atoms with Crippen LogP contribution in [0.5, 0.6) is 0 Å². The fourth-order valence-corrected chi connectivity index (χ4v) is 1.34. The van der Waals surface area contributed by atoms with Gasteiger partial charge in [0.1, 0.15) is 0 Å². The van der Waals surface area contributed by atoms with Crippen molar-refractivity contribution in [2.45, 2.75) is 6.92 Å². The minimum atomic E-state index is -0.627. The molecular formula is C10H10BrClN2O2. The predicted octanol–water partition coefficient (Wildman–Crippen LogP) is 3.10. The summed E-state index contributed by atoms with van der Waals surface area (Å²) in [4.78, 5) is 10.9. The van der Waals surface area contributed by atoms with Crippen LogP contribution in [-0.2, 0) is 4.74 Å². The first-order valence-corrected chi connectivity index (χ1v) is 5.72. The molecule has 1 aromatic carbocycles. The number of hydrazone groups is 1. The lowest BCUT2D eigenvalue weighted by Crippen LogP contribution is -2.19. The van der Waals surface area contributed by atoms with Crippen molar-refractivity contribution in [1.82, 2.24) is 5.43 Å². The van der Waals surface area contributed by atoms with Gasteiger partial charge in [0.25, 0.3) is 0 Å². The Hall–Kier alpha value is -1.07. The summed E-state index contributed by atoms with van der Waals surface area (Å²) in [6.45, 7) is 2.00. The summed E-state index contributed by atoms with van der Waals surface area (Å²) < 4.78 is 5.57. The quantitative estimate of drug-likeness (QED) is 0.689. The summed E-state index contributed by atoms with van der Waals surface area (Å²) >= 11 is 9.17.